The Balaban J connectivity index is 1.47. The molecule has 3 aliphatic rings. The second-order valence-electron chi connectivity index (χ2n) is 7.95. The average Bonchev–Trinajstić information content (AvgIpc) is 2.70. The smallest absolute Gasteiger partial charge is 0.329 e. The number of rotatable bonds is 5. The van der Waals surface area contributed by atoms with Crippen LogP contribution in [0.15, 0.2) is 24.3 Å². The fourth-order valence-corrected chi connectivity index (χ4v) is 4.59. The summed E-state index contributed by atoms with van der Waals surface area (Å²) in [7, 11) is 0. The van der Waals surface area contributed by atoms with Crippen LogP contribution < -0.4 is 0 Å². The van der Waals surface area contributed by atoms with Gasteiger partial charge < -0.3 is 24.4 Å². The zero-order valence-corrected chi connectivity index (χ0v) is 16.5. The van der Waals surface area contributed by atoms with Crippen molar-refractivity contribution < 1.29 is 33.4 Å². The number of likely N-dealkylation sites (tertiary alicyclic amines) is 1. The number of piperazine rings is 1. The second-order valence-corrected chi connectivity index (χ2v) is 7.95. The summed E-state index contributed by atoms with van der Waals surface area (Å²) in [4.78, 5) is 41.4. The molecule has 1 N–H and O–H groups in total. The minimum atomic E-state index is -1.13. The van der Waals surface area contributed by atoms with Crippen molar-refractivity contribution in [1.82, 2.24) is 14.7 Å². The summed E-state index contributed by atoms with van der Waals surface area (Å²) in [6.45, 7) is 2.55. The average molecular weight is 421 g/mol. The Labute approximate surface area is 172 Å². The summed E-state index contributed by atoms with van der Waals surface area (Å²) in [5, 5.41) is 8.63. The lowest BCUT2D eigenvalue weighted by Gasteiger charge is -2.63. The molecule has 1 aromatic carbocycles. The van der Waals surface area contributed by atoms with Gasteiger partial charge in [0.05, 0.1) is 30.4 Å². The van der Waals surface area contributed by atoms with E-state index in [0.717, 1.165) is 0 Å². The molecule has 0 saturated carbocycles. The molecular formula is C20H24FN3O6. The topological polar surface area (TPSA) is 99.6 Å². The summed E-state index contributed by atoms with van der Waals surface area (Å²) < 4.78 is 24.7. The van der Waals surface area contributed by atoms with Crippen LogP contribution in [-0.2, 0) is 19.1 Å². The van der Waals surface area contributed by atoms with E-state index in [1.807, 2.05) is 0 Å². The van der Waals surface area contributed by atoms with Crippen LogP contribution in [0.4, 0.5) is 4.39 Å². The van der Waals surface area contributed by atoms with E-state index in [2.05, 4.69) is 4.90 Å². The Kier molecular flexibility index (Phi) is 5.72. The number of aliphatic carboxylic acids is 1. The van der Waals surface area contributed by atoms with Gasteiger partial charge in [0.1, 0.15) is 19.0 Å². The molecule has 1 unspecified atom stereocenters. The van der Waals surface area contributed by atoms with Gasteiger partial charge in [-0.1, -0.05) is 12.1 Å². The highest BCUT2D eigenvalue weighted by Crippen LogP contribution is 2.36. The van der Waals surface area contributed by atoms with Crippen LogP contribution in [0.5, 0.6) is 0 Å². The number of carboxylic acid groups (broad SMARTS) is 1. The van der Waals surface area contributed by atoms with Gasteiger partial charge in [0.2, 0.25) is 5.91 Å². The fourth-order valence-electron chi connectivity index (χ4n) is 4.59. The fraction of sp³-hybridized carbons (Fsp3) is 0.550. The first kappa shape index (κ1) is 20.7. The Morgan fingerprint density at radius 1 is 1.17 bits per heavy atom. The zero-order valence-electron chi connectivity index (χ0n) is 16.5. The van der Waals surface area contributed by atoms with Gasteiger partial charge in [-0.15, -0.1) is 0 Å². The predicted molar refractivity (Wildman–Crippen MR) is 101 cm³/mol. The molecule has 0 bridgehead atoms. The number of hydrogen-bond acceptors (Lipinski definition) is 6. The molecular weight excluding hydrogens is 397 g/mol. The molecule has 3 fully saturated rings. The van der Waals surface area contributed by atoms with Crippen molar-refractivity contribution in [3.8, 4) is 0 Å². The molecule has 10 heteroatoms. The van der Waals surface area contributed by atoms with Gasteiger partial charge >= 0.3 is 5.97 Å². The molecule has 0 radical (unpaired) electrons. The largest absolute Gasteiger partial charge is 0.480 e. The minimum absolute atomic E-state index is 0.0243. The highest BCUT2D eigenvalue weighted by atomic mass is 19.1. The predicted octanol–water partition coefficient (Wildman–Crippen LogP) is -0.335. The van der Waals surface area contributed by atoms with Crippen LogP contribution in [0.2, 0.25) is 0 Å². The molecule has 0 aliphatic carbocycles. The van der Waals surface area contributed by atoms with E-state index in [1.54, 1.807) is 21.9 Å². The van der Waals surface area contributed by atoms with Crippen LogP contribution in [0.1, 0.15) is 10.4 Å². The zero-order chi connectivity index (χ0) is 21.3. The Morgan fingerprint density at radius 3 is 2.63 bits per heavy atom. The number of benzene rings is 1. The molecule has 3 heterocycles. The van der Waals surface area contributed by atoms with Gasteiger partial charge in [0.15, 0.2) is 0 Å². The summed E-state index contributed by atoms with van der Waals surface area (Å²) in [5.74, 6) is -2.34. The Hall–Kier alpha value is -2.56. The van der Waals surface area contributed by atoms with E-state index in [9.17, 15) is 18.8 Å². The third-order valence-corrected chi connectivity index (χ3v) is 5.92. The van der Waals surface area contributed by atoms with Crippen LogP contribution in [0.25, 0.3) is 0 Å². The lowest BCUT2D eigenvalue weighted by molar-refractivity contribution is -0.175. The highest BCUT2D eigenvalue weighted by Gasteiger charge is 2.56. The number of hydrogen-bond donors (Lipinski definition) is 1. The van der Waals surface area contributed by atoms with Crippen molar-refractivity contribution in [3.63, 3.8) is 0 Å². The maximum absolute atomic E-state index is 14.2. The molecule has 1 atom stereocenters. The van der Waals surface area contributed by atoms with Crippen LogP contribution in [-0.4, -0.2) is 108 Å². The van der Waals surface area contributed by atoms with Gasteiger partial charge in [-0.05, 0) is 12.1 Å². The first-order valence-corrected chi connectivity index (χ1v) is 9.85. The standard InChI is InChI=1S/C20H24FN3O6/c21-16-4-2-1-3-15(16)19(28)22-7-14-8-29-6-5-24(14)20(11-22)12-23(13-20)17(25)9-30-10-18(26)27/h1-4,14H,5-13H2,(H,26,27). The molecule has 0 aromatic heterocycles. The van der Waals surface area contributed by atoms with E-state index in [4.69, 9.17) is 14.6 Å². The summed E-state index contributed by atoms with van der Waals surface area (Å²) >= 11 is 0. The number of carbonyl (C=O) groups excluding carboxylic acids is 2. The number of carbonyl (C=O) groups is 3. The van der Waals surface area contributed by atoms with Gasteiger partial charge in [0.25, 0.3) is 5.91 Å². The monoisotopic (exact) mass is 421 g/mol. The quantitative estimate of drug-likeness (QED) is 0.695. The number of amides is 2. The summed E-state index contributed by atoms with van der Waals surface area (Å²) in [6.07, 6.45) is 0. The number of fused-ring (bicyclic) bond motifs is 2. The normalized spacial score (nSPS) is 23.0. The van der Waals surface area contributed by atoms with Crippen molar-refractivity contribution in [2.45, 2.75) is 11.6 Å². The first-order valence-electron chi connectivity index (χ1n) is 9.85. The van der Waals surface area contributed by atoms with Gasteiger partial charge in [0, 0.05) is 32.7 Å². The number of ether oxygens (including phenoxy) is 2. The maximum Gasteiger partial charge on any atom is 0.329 e. The Morgan fingerprint density at radius 2 is 1.90 bits per heavy atom. The highest BCUT2D eigenvalue weighted by molar-refractivity contribution is 5.94. The van der Waals surface area contributed by atoms with Gasteiger partial charge in [-0.2, -0.15) is 0 Å². The van der Waals surface area contributed by atoms with Gasteiger partial charge in [-0.25, -0.2) is 9.18 Å². The number of carboxylic acids is 1. The lowest BCUT2D eigenvalue weighted by Crippen LogP contribution is -2.81. The van der Waals surface area contributed by atoms with Crippen LogP contribution in [0, 0.1) is 5.82 Å². The van der Waals surface area contributed by atoms with Crippen molar-refractivity contribution in [2.24, 2.45) is 0 Å². The molecule has 2 amide bonds. The van der Waals surface area contributed by atoms with Crippen molar-refractivity contribution in [3.05, 3.63) is 35.6 Å². The van der Waals surface area contributed by atoms with E-state index in [0.29, 0.717) is 45.9 Å². The van der Waals surface area contributed by atoms with E-state index in [1.165, 1.54) is 12.1 Å². The molecule has 1 aromatic rings. The number of morpholine rings is 1. The molecule has 1 spiro atoms. The van der Waals surface area contributed by atoms with E-state index >= 15 is 0 Å². The summed E-state index contributed by atoms with van der Waals surface area (Å²) in [5.41, 5.74) is -0.386. The maximum atomic E-state index is 14.2. The molecule has 4 rings (SSSR count). The third-order valence-electron chi connectivity index (χ3n) is 5.92. The Bertz CT molecular complexity index is 844. The summed E-state index contributed by atoms with van der Waals surface area (Å²) in [6, 6.07) is 5.90. The second kappa shape index (κ2) is 8.29. The van der Waals surface area contributed by atoms with Crippen molar-refractivity contribution in [2.75, 3.05) is 59.2 Å². The molecule has 30 heavy (non-hydrogen) atoms. The van der Waals surface area contributed by atoms with Crippen LogP contribution >= 0.6 is 0 Å². The van der Waals surface area contributed by atoms with E-state index in [-0.39, 0.29) is 30.0 Å². The number of nitrogens with zero attached hydrogens (tertiary/aromatic N) is 3. The molecule has 3 aliphatic heterocycles. The molecule has 9 nitrogen and oxygen atoms in total. The van der Waals surface area contributed by atoms with E-state index < -0.39 is 23.9 Å². The third kappa shape index (κ3) is 3.90. The minimum Gasteiger partial charge on any atom is -0.480 e. The van der Waals surface area contributed by atoms with Crippen molar-refractivity contribution in [1.29, 1.82) is 0 Å². The molecule has 3 saturated heterocycles. The number of halogens is 1. The van der Waals surface area contributed by atoms with Gasteiger partial charge in [-0.3, -0.25) is 14.5 Å². The van der Waals surface area contributed by atoms with Crippen LogP contribution in [0.3, 0.4) is 0 Å². The SMILES string of the molecule is O=C(O)COCC(=O)N1CC2(C1)CN(C(=O)c1ccccc1F)CC1COCCN12. The van der Waals surface area contributed by atoms with Crippen molar-refractivity contribution >= 4 is 17.8 Å². The lowest BCUT2D eigenvalue weighted by atomic mass is 9.82. The first-order chi connectivity index (χ1) is 14.4. The molecule has 162 valence electrons.